The van der Waals surface area contributed by atoms with Crippen molar-refractivity contribution < 1.29 is 86.3 Å². The Labute approximate surface area is 844 Å². The molecule has 12 aromatic rings. The van der Waals surface area contributed by atoms with Crippen LogP contribution in [0.15, 0.2) is 170 Å². The second-order valence-electron chi connectivity index (χ2n) is 32.6. The number of hydrogen-bond donors (Lipinski definition) is 12. The molecule has 0 saturated heterocycles. The van der Waals surface area contributed by atoms with Crippen molar-refractivity contribution >= 4 is 160 Å². The van der Waals surface area contributed by atoms with Gasteiger partial charge in [-0.15, -0.1) is 46.4 Å². The molecule has 13 nitrogen and oxygen atoms in total. The van der Waals surface area contributed by atoms with Gasteiger partial charge in [-0.05, 0) is 190 Å². The number of phenols is 12. The molecular weight excluding hydrogens is 2010 g/mol. The summed E-state index contributed by atoms with van der Waals surface area (Å²) >= 11 is 41.4. The molecule has 686 valence electrons. The number of ether oxygens (including phenoxy) is 1. The monoisotopic (exact) mass is 2110 g/mol. The second-order valence-corrected chi connectivity index (χ2v) is 61.3. The van der Waals surface area contributed by atoms with Gasteiger partial charge in [0.25, 0.3) is 0 Å². The third-order valence-corrected chi connectivity index (χ3v) is 24.1. The predicted molar refractivity (Wildman–Crippen MR) is 540 cm³/mol. The standard InChI is InChI=1S/C32H28Cl4O4.C32H32O4.C28H24O4.C9H19ClO.CHCl3.Al.4ClH.Li.Sn.4H/c33-13-17-1-21-9-23-3-18(14-34)4-25(30(23)38)11-26-7-20(16-36)8-28(32(26)40)12-27-6-19(15-35)5-24(31(27)39)10-22(2-17)29(21)37;1-17-5-21-13-23-7-18(2)9-25(30(23)34)15-27-11-20(4)12-28(32(27)36)16-26-10-19(3)8-24(31(26)35)14-22(6-17)29(21)33;29-25-17-5-1-6-18(25)14-20-8-3-10-22(27(20)31)16-24-12-4-11-23(28(24)32)15-21-9-2-7-19(13-17)26(21)30;1-2-3-4-5-6-7-8-11-9-10;2-1(3)4;;;;;;;;;;;/h1-8,37-40H,9-16H2;5-12,33-36H,13-16H2,1-4H3;1-12,29-32H,13-16H2;2-9H2,1H3;1H;;4*1H;;;;;;/q;;;;;;;;;;+1;+4;;;;-1/p-4. The molecule has 24 bridgehead atoms. The summed E-state index contributed by atoms with van der Waals surface area (Å²) in [5.74, 6) is 2.70. The average molecular weight is 2120 g/mol. The van der Waals surface area contributed by atoms with Crippen LogP contribution in [0.2, 0.25) is 0 Å². The molecule has 0 aliphatic heterocycles. The third kappa shape index (κ3) is 30.3. The number of phenolic OH excluding ortho intramolecular Hbond substituents is 12. The molecular formula is C102H108AlCl12LiO13Sn. The van der Waals surface area contributed by atoms with Crippen molar-refractivity contribution in [2.24, 2.45) is 0 Å². The molecule has 12 aromatic carbocycles. The summed E-state index contributed by atoms with van der Waals surface area (Å²) in [6.45, 7) is 11.0. The van der Waals surface area contributed by atoms with Gasteiger partial charge in [0, 0.05) is 107 Å². The van der Waals surface area contributed by atoms with Crippen molar-refractivity contribution in [3.63, 3.8) is 0 Å². The van der Waals surface area contributed by atoms with Crippen LogP contribution in [0.4, 0.5) is 0 Å². The molecule has 0 atom stereocenters. The van der Waals surface area contributed by atoms with Crippen LogP contribution in [-0.4, -0.2) is 109 Å². The van der Waals surface area contributed by atoms with Crippen LogP contribution in [0, 0.1) is 27.7 Å². The van der Waals surface area contributed by atoms with Crippen LogP contribution in [-0.2, 0) is 105 Å². The first-order valence-corrected chi connectivity index (χ1v) is 60.3. The Kier molecular flexibility index (Phi) is 43.2. The number of alkyl halides is 8. The Morgan fingerprint density at radius 3 is 0.562 bits per heavy atom. The number of aryl methyl sites for hydroxylation is 4. The van der Waals surface area contributed by atoms with Gasteiger partial charge >= 0.3 is 68.4 Å². The van der Waals surface area contributed by atoms with E-state index in [2.05, 4.69) is 6.92 Å². The Bertz CT molecular complexity index is 4970. The first kappa shape index (κ1) is 109. The van der Waals surface area contributed by atoms with E-state index in [9.17, 15) is 61.3 Å². The molecule has 3 aliphatic carbocycles. The molecule has 0 saturated carbocycles. The molecule has 130 heavy (non-hydrogen) atoms. The fraction of sp³-hybridized carbons (Fsp3) is 0.294. The number of para-hydroxylation sites is 4. The van der Waals surface area contributed by atoms with E-state index in [1.165, 1.54) is 32.1 Å². The number of hydrogen-bond acceptors (Lipinski definition) is 13. The van der Waals surface area contributed by atoms with E-state index in [1.54, 1.807) is 0 Å². The van der Waals surface area contributed by atoms with Crippen molar-refractivity contribution in [2.75, 3.05) is 12.7 Å². The zero-order valence-electron chi connectivity index (χ0n) is 73.5. The normalized spacial score (nSPS) is 12.4. The molecule has 28 heteroatoms. The van der Waals surface area contributed by atoms with E-state index >= 15 is 0 Å². The van der Waals surface area contributed by atoms with E-state index in [0.29, 0.717) is 146 Å². The molecule has 0 spiro atoms. The number of halogens is 12. The Morgan fingerprint density at radius 1 is 0.269 bits per heavy atom. The van der Waals surface area contributed by atoms with Crippen molar-refractivity contribution in [3.05, 3.63) is 348 Å². The van der Waals surface area contributed by atoms with Gasteiger partial charge in [0.1, 0.15) is 75.1 Å². The summed E-state index contributed by atoms with van der Waals surface area (Å²) in [5, 5.41) is 134. The van der Waals surface area contributed by atoms with Gasteiger partial charge in [0.05, 0.1) is 0 Å². The van der Waals surface area contributed by atoms with E-state index in [1.807, 2.05) is 198 Å². The summed E-state index contributed by atoms with van der Waals surface area (Å²) in [7, 11) is 20.1. The van der Waals surface area contributed by atoms with Crippen LogP contribution in [0.1, 0.15) is 225 Å². The topological polar surface area (TPSA) is 252 Å². The van der Waals surface area contributed by atoms with E-state index in [4.69, 9.17) is 133 Å². The summed E-state index contributed by atoms with van der Waals surface area (Å²) in [6.07, 6.45) is 11.7. The van der Waals surface area contributed by atoms with Gasteiger partial charge in [-0.2, -0.15) is 0 Å². The Morgan fingerprint density at radius 2 is 0.408 bits per heavy atom. The van der Waals surface area contributed by atoms with E-state index in [-0.39, 0.29) is 156 Å². The van der Waals surface area contributed by atoms with Crippen molar-refractivity contribution in [1.82, 2.24) is 0 Å². The quantitative estimate of drug-likeness (QED) is 0.0309. The average Bonchev–Trinajstić information content (AvgIpc) is 0.784. The maximum Gasteiger partial charge on any atom is 1.00 e. The van der Waals surface area contributed by atoms with Crippen molar-refractivity contribution in [1.29, 1.82) is 0 Å². The zero-order chi connectivity index (χ0) is 93.0. The van der Waals surface area contributed by atoms with Crippen LogP contribution < -0.4 is 18.9 Å². The third-order valence-electron chi connectivity index (χ3n) is 22.7. The molecule has 15 rings (SSSR count). The fourth-order valence-corrected chi connectivity index (χ4v) is 17.5. The first-order valence-electron chi connectivity index (χ1n) is 41.8. The Hall–Kier alpha value is -6.39. The number of fused-ring (bicyclic) bond motifs is 24. The first-order chi connectivity index (χ1) is 61.0. The molecule has 0 aromatic heterocycles. The van der Waals surface area contributed by atoms with Crippen LogP contribution in [0.5, 0.6) is 69.0 Å². The van der Waals surface area contributed by atoms with Crippen molar-refractivity contribution in [2.45, 2.75) is 178 Å². The van der Waals surface area contributed by atoms with E-state index < -0.39 is 18.2 Å². The minimum Gasteiger partial charge on any atom is -1.00 e. The number of benzene rings is 12. The number of rotatable bonds is 12. The maximum absolute atomic E-state index is 11.4. The molecule has 0 radical (unpaired) electrons. The predicted octanol–water partition coefficient (Wildman–Crippen LogP) is 23.6. The van der Waals surface area contributed by atoms with Gasteiger partial charge < -0.3 is 67.4 Å². The van der Waals surface area contributed by atoms with Gasteiger partial charge in [-0.3, -0.25) is 0 Å². The molecule has 3 aliphatic rings. The van der Waals surface area contributed by atoms with E-state index in [0.717, 1.165) is 102 Å². The largest absolute Gasteiger partial charge is 1.00 e. The molecule has 12 N–H and O–H groups in total. The van der Waals surface area contributed by atoms with Crippen LogP contribution in [0.3, 0.4) is 0 Å². The summed E-state index contributed by atoms with van der Waals surface area (Å²) in [6, 6.07) is 52.8. The molecule has 0 amide bonds. The van der Waals surface area contributed by atoms with Crippen LogP contribution >= 0.6 is 128 Å². The van der Waals surface area contributed by atoms with Gasteiger partial charge in [-0.1, -0.05) is 278 Å². The Balaban J connectivity index is 0.000000241. The summed E-state index contributed by atoms with van der Waals surface area (Å²) in [5.41, 5.74) is 23.6. The summed E-state index contributed by atoms with van der Waals surface area (Å²) < 4.78 is 4.26. The van der Waals surface area contributed by atoms with Crippen LogP contribution in [0.25, 0.3) is 0 Å². The van der Waals surface area contributed by atoms with Crippen molar-refractivity contribution in [3.8, 4) is 69.0 Å². The fourth-order valence-electron chi connectivity index (χ4n) is 16.8. The molecule has 0 fully saturated rings. The zero-order valence-corrected chi connectivity index (χ0v) is 84.4. The molecule has 0 unspecified atom stereocenters. The second kappa shape index (κ2) is 51.5. The minimum absolute atomic E-state index is 0. The smallest absolute Gasteiger partial charge is 1.00 e. The van der Waals surface area contributed by atoms with Gasteiger partial charge in [0.2, 0.25) is 0 Å². The summed E-state index contributed by atoms with van der Waals surface area (Å²) in [4.78, 5) is 0. The van der Waals surface area contributed by atoms with Gasteiger partial charge in [0.15, 0.2) is 21.7 Å². The number of aromatic hydroxyl groups is 12. The SMILES string of the molecule is CCCCCCCCOCCl.Cc1cc2c(O)c(c1)Cc1cc(C)cc(c1O)Cc1cc(C)cc(c1O)Cc1cc(C)cc(c1O)C2.ClC(Cl)Cl.Oc1c2cc(CCl)cc1Cc1cc(CCl)cc(c1O)Cc1cc(CCl)cc(c1O)Cc1cc(CCl)cc(c1O)C2.Oc1c2cccc1Cc1cccc(c1O)Cc1cccc(c1O)Cc1cccc(c1O)C2.[AlH3].[Cl][Sn]([Cl])([Cl])[Cl].[H-].[Li+]. The van der Waals surface area contributed by atoms with Gasteiger partial charge in [-0.25, -0.2) is 0 Å². The number of unbranched alkanes of at least 4 members (excludes halogenated alkanes) is 5. The molecule has 0 heterocycles. The minimum atomic E-state index is -3.29. The maximum atomic E-state index is 11.4.